The molecule has 2 fully saturated rings. The van der Waals surface area contributed by atoms with E-state index in [2.05, 4.69) is 40.7 Å². The molecule has 112 valence electrons. The number of rotatable bonds is 2. The predicted octanol–water partition coefficient (Wildman–Crippen LogP) is 2.28. The van der Waals surface area contributed by atoms with E-state index in [0.717, 1.165) is 24.6 Å². The average Bonchev–Trinajstić information content (AvgIpc) is 2.71. The van der Waals surface area contributed by atoms with Crippen molar-refractivity contribution in [2.45, 2.75) is 32.2 Å². The molecule has 2 aliphatic heterocycles. The molecule has 1 atom stereocenters. The highest BCUT2D eigenvalue weighted by Crippen LogP contribution is 2.23. The normalized spacial score (nSPS) is 25.6. The zero-order valence-electron chi connectivity index (χ0n) is 13.1. The van der Waals surface area contributed by atoms with Crippen molar-refractivity contribution in [3.63, 3.8) is 0 Å². The van der Waals surface area contributed by atoms with Gasteiger partial charge < -0.3 is 15.5 Å². The molecule has 0 aliphatic carbocycles. The Bertz CT molecular complexity index is 393. The van der Waals surface area contributed by atoms with Crippen molar-refractivity contribution in [1.29, 1.82) is 0 Å². The third kappa shape index (κ3) is 5.61. The second-order valence-electron chi connectivity index (χ2n) is 5.73. The van der Waals surface area contributed by atoms with Crippen LogP contribution in [-0.4, -0.2) is 42.8 Å². The Morgan fingerprint density at radius 1 is 1.45 bits per heavy atom. The van der Waals surface area contributed by atoms with Crippen LogP contribution in [0.15, 0.2) is 42.3 Å². The molecule has 0 saturated carbocycles. The van der Waals surface area contributed by atoms with Crippen molar-refractivity contribution in [2.75, 3.05) is 26.7 Å². The molecular weight excluding hydrogens is 248 g/mol. The van der Waals surface area contributed by atoms with Crippen LogP contribution in [0.2, 0.25) is 0 Å². The molecule has 0 amide bonds. The van der Waals surface area contributed by atoms with Crippen LogP contribution in [-0.2, 0) is 0 Å². The van der Waals surface area contributed by atoms with Crippen molar-refractivity contribution in [3.8, 4) is 0 Å². The Hall–Kier alpha value is -1.55. The summed E-state index contributed by atoms with van der Waals surface area (Å²) in [5.74, 6) is 0.991. The highest BCUT2D eigenvalue weighted by molar-refractivity contribution is 5.79. The number of hydrogen-bond acceptors (Lipinski definition) is 4. The maximum atomic E-state index is 3.98. The number of nitrogens with zero attached hydrogens (tertiary/aromatic N) is 2. The van der Waals surface area contributed by atoms with Crippen LogP contribution in [0, 0.1) is 0 Å². The van der Waals surface area contributed by atoms with Gasteiger partial charge in [-0.15, -0.1) is 0 Å². The first-order valence-corrected chi connectivity index (χ1v) is 7.15. The lowest BCUT2D eigenvalue weighted by molar-refractivity contribution is 0.173. The lowest BCUT2D eigenvalue weighted by atomic mass is 9.90. The van der Waals surface area contributed by atoms with Gasteiger partial charge in [-0.25, -0.2) is 0 Å². The van der Waals surface area contributed by atoms with Crippen molar-refractivity contribution in [1.82, 2.24) is 15.5 Å². The number of likely N-dealkylation sites (N-methyl/N-ethyl adjacent to an activating group) is 1. The molecule has 4 nitrogen and oxygen atoms in total. The summed E-state index contributed by atoms with van der Waals surface area (Å²) in [6, 6.07) is 0. The van der Waals surface area contributed by atoms with Gasteiger partial charge in [-0.05, 0) is 46.4 Å². The predicted molar refractivity (Wildman–Crippen MR) is 87.9 cm³/mol. The standard InChI is InChI=1S/C9H17N3.C7H11N/c1-8-10-6-9(11-8)4-3-5-12(2)7-9;1-4-5-6-8-7(2)3/h10-11H,1,3-7H2,2H3;4-6H,1H2,2-3H3/b;6-5-. The minimum Gasteiger partial charge on any atom is -0.370 e. The first kappa shape index (κ1) is 16.5. The zero-order chi connectivity index (χ0) is 15.0. The Kier molecular flexibility index (Phi) is 6.52. The van der Waals surface area contributed by atoms with E-state index in [1.165, 1.54) is 19.4 Å². The minimum absolute atomic E-state index is 0.282. The second kappa shape index (κ2) is 7.90. The van der Waals surface area contributed by atoms with Gasteiger partial charge in [-0.1, -0.05) is 19.2 Å². The molecule has 1 unspecified atom stereocenters. The Morgan fingerprint density at radius 2 is 2.20 bits per heavy atom. The maximum absolute atomic E-state index is 3.98. The number of likely N-dealkylation sites (tertiary alicyclic amines) is 1. The molecule has 0 aromatic heterocycles. The molecule has 2 heterocycles. The van der Waals surface area contributed by atoms with E-state index in [-0.39, 0.29) is 5.54 Å². The maximum Gasteiger partial charge on any atom is 0.0918 e. The van der Waals surface area contributed by atoms with Gasteiger partial charge >= 0.3 is 0 Å². The summed E-state index contributed by atoms with van der Waals surface area (Å²) in [5.41, 5.74) is 1.34. The number of piperidine rings is 1. The van der Waals surface area contributed by atoms with E-state index >= 15 is 0 Å². The zero-order valence-corrected chi connectivity index (χ0v) is 13.1. The van der Waals surface area contributed by atoms with E-state index < -0.39 is 0 Å². The Balaban J connectivity index is 0.000000221. The molecule has 20 heavy (non-hydrogen) atoms. The van der Waals surface area contributed by atoms with Gasteiger partial charge in [0.1, 0.15) is 0 Å². The highest BCUT2D eigenvalue weighted by Gasteiger charge is 2.37. The summed E-state index contributed by atoms with van der Waals surface area (Å²) in [6.07, 6.45) is 7.78. The third-order valence-electron chi connectivity index (χ3n) is 3.38. The van der Waals surface area contributed by atoms with Crippen LogP contribution in [0.5, 0.6) is 0 Å². The first-order chi connectivity index (χ1) is 9.47. The van der Waals surface area contributed by atoms with Crippen LogP contribution < -0.4 is 10.6 Å². The first-order valence-electron chi connectivity index (χ1n) is 7.15. The van der Waals surface area contributed by atoms with Gasteiger partial charge in [0.2, 0.25) is 0 Å². The lowest BCUT2D eigenvalue weighted by Crippen LogP contribution is -2.54. The molecule has 4 heteroatoms. The van der Waals surface area contributed by atoms with Crippen LogP contribution in [0.3, 0.4) is 0 Å². The van der Waals surface area contributed by atoms with Gasteiger partial charge in [0.25, 0.3) is 0 Å². The Labute approximate surface area is 123 Å². The fourth-order valence-corrected chi connectivity index (χ4v) is 2.55. The number of aliphatic imine (C=N–C) groups is 1. The molecule has 1 spiro atoms. The fourth-order valence-electron chi connectivity index (χ4n) is 2.55. The van der Waals surface area contributed by atoms with Gasteiger partial charge in [0.05, 0.1) is 11.4 Å². The molecule has 2 saturated heterocycles. The van der Waals surface area contributed by atoms with Crippen LogP contribution in [0.25, 0.3) is 0 Å². The van der Waals surface area contributed by atoms with Crippen LogP contribution in [0.4, 0.5) is 0 Å². The summed E-state index contributed by atoms with van der Waals surface area (Å²) >= 11 is 0. The number of nitrogens with one attached hydrogen (secondary N) is 2. The minimum atomic E-state index is 0.282. The topological polar surface area (TPSA) is 39.7 Å². The summed E-state index contributed by atoms with van der Waals surface area (Å²) in [6.45, 7) is 14.7. The van der Waals surface area contributed by atoms with E-state index in [4.69, 9.17) is 0 Å². The van der Waals surface area contributed by atoms with E-state index in [1.54, 1.807) is 18.4 Å². The van der Waals surface area contributed by atoms with Crippen LogP contribution in [0.1, 0.15) is 26.7 Å². The van der Waals surface area contributed by atoms with E-state index in [9.17, 15) is 0 Å². The highest BCUT2D eigenvalue weighted by atomic mass is 15.3. The second-order valence-corrected chi connectivity index (χ2v) is 5.73. The van der Waals surface area contributed by atoms with Gasteiger partial charge in [0.15, 0.2) is 0 Å². The van der Waals surface area contributed by atoms with E-state index in [1.807, 2.05) is 13.8 Å². The summed E-state index contributed by atoms with van der Waals surface area (Å²) in [7, 11) is 2.18. The summed E-state index contributed by atoms with van der Waals surface area (Å²) in [4.78, 5) is 6.36. The van der Waals surface area contributed by atoms with Crippen LogP contribution >= 0.6 is 0 Å². The van der Waals surface area contributed by atoms with Gasteiger partial charge in [0, 0.05) is 25.0 Å². The van der Waals surface area contributed by atoms with Crippen molar-refractivity contribution in [3.05, 3.63) is 37.3 Å². The fraction of sp³-hybridized carbons (Fsp3) is 0.562. The van der Waals surface area contributed by atoms with Gasteiger partial charge in [-0.2, -0.15) is 0 Å². The molecular formula is C16H28N4. The Morgan fingerprint density at radius 3 is 2.70 bits per heavy atom. The SMILES string of the molecule is C=C/C=C\N=C(C)C.C=C1NCC2(CCCN(C)C2)N1. The molecule has 2 N–H and O–H groups in total. The quantitative estimate of drug-likeness (QED) is 0.600. The molecule has 0 aromatic rings. The molecule has 2 aliphatic rings. The van der Waals surface area contributed by atoms with Crippen molar-refractivity contribution >= 4 is 5.71 Å². The summed E-state index contributed by atoms with van der Waals surface area (Å²) < 4.78 is 0. The molecule has 2 rings (SSSR count). The van der Waals surface area contributed by atoms with E-state index in [0.29, 0.717) is 0 Å². The molecule has 0 radical (unpaired) electrons. The van der Waals surface area contributed by atoms with Crippen molar-refractivity contribution in [2.24, 2.45) is 4.99 Å². The van der Waals surface area contributed by atoms with Gasteiger partial charge in [-0.3, -0.25) is 4.99 Å². The smallest absolute Gasteiger partial charge is 0.0918 e. The largest absolute Gasteiger partial charge is 0.370 e. The summed E-state index contributed by atoms with van der Waals surface area (Å²) in [5, 5.41) is 6.72. The van der Waals surface area contributed by atoms with Crippen molar-refractivity contribution < 1.29 is 0 Å². The molecule has 0 aromatic carbocycles. The average molecular weight is 276 g/mol. The monoisotopic (exact) mass is 276 g/mol. The number of allylic oxidation sites excluding steroid dienone is 2. The molecule has 0 bridgehead atoms. The number of hydrogen-bond donors (Lipinski definition) is 2. The third-order valence-corrected chi connectivity index (χ3v) is 3.38. The lowest BCUT2D eigenvalue weighted by Gasteiger charge is -2.38.